The van der Waals surface area contributed by atoms with Crippen molar-refractivity contribution >= 4 is 29.3 Å². The third kappa shape index (κ3) is 2.66. The zero-order chi connectivity index (χ0) is 9.80. The first-order chi connectivity index (χ1) is 6.88. The fraction of sp³-hybridized carbons (Fsp3) is 0.889. The molecule has 0 bridgehead atoms. The third-order valence-electron chi connectivity index (χ3n) is 2.53. The number of hydrogen-bond acceptors (Lipinski definition) is 5. The summed E-state index contributed by atoms with van der Waals surface area (Å²) in [6.45, 7) is 1.95. The second-order valence-electron chi connectivity index (χ2n) is 3.57. The lowest BCUT2D eigenvalue weighted by molar-refractivity contribution is -0.122. The molecule has 2 saturated heterocycles. The highest BCUT2D eigenvalue weighted by Gasteiger charge is 2.28. The molecule has 2 N–H and O–H groups in total. The number of carbonyl (C=O) groups excluding carboxylic acids is 1. The van der Waals surface area contributed by atoms with Gasteiger partial charge >= 0.3 is 0 Å². The zero-order valence-electron chi connectivity index (χ0n) is 8.12. The van der Waals surface area contributed by atoms with Crippen molar-refractivity contribution in [1.29, 1.82) is 0 Å². The van der Waals surface area contributed by atoms with E-state index >= 15 is 0 Å². The number of rotatable bonds is 2. The van der Waals surface area contributed by atoms with Crippen LogP contribution in [0.2, 0.25) is 0 Å². The SMILES string of the molecule is O=C(C1CSCCN1)C1CSCCN1. The molecule has 0 aromatic heterocycles. The summed E-state index contributed by atoms with van der Waals surface area (Å²) in [4.78, 5) is 12.0. The molecule has 2 rings (SSSR count). The van der Waals surface area contributed by atoms with E-state index < -0.39 is 0 Å². The van der Waals surface area contributed by atoms with Gasteiger partial charge in [-0.3, -0.25) is 4.79 Å². The van der Waals surface area contributed by atoms with Crippen LogP contribution < -0.4 is 10.6 Å². The first kappa shape index (κ1) is 10.8. The van der Waals surface area contributed by atoms with Crippen molar-refractivity contribution in [1.82, 2.24) is 10.6 Å². The van der Waals surface area contributed by atoms with Gasteiger partial charge in [0.25, 0.3) is 0 Å². The van der Waals surface area contributed by atoms with Gasteiger partial charge in [0.2, 0.25) is 0 Å². The molecule has 0 radical (unpaired) electrons. The first-order valence-electron chi connectivity index (χ1n) is 5.04. The largest absolute Gasteiger partial charge is 0.306 e. The maximum Gasteiger partial charge on any atom is 0.168 e. The van der Waals surface area contributed by atoms with Gasteiger partial charge < -0.3 is 10.6 Å². The molecule has 0 aromatic rings. The Balaban J connectivity index is 1.85. The van der Waals surface area contributed by atoms with Crippen LogP contribution in [0.1, 0.15) is 0 Å². The molecule has 0 aliphatic carbocycles. The molecule has 2 aliphatic rings. The molecule has 3 nitrogen and oxygen atoms in total. The standard InChI is InChI=1S/C9H16N2OS2/c12-9(7-5-13-3-1-10-7)8-6-14-4-2-11-8/h7-8,10-11H,1-6H2. The summed E-state index contributed by atoms with van der Waals surface area (Å²) in [7, 11) is 0. The predicted octanol–water partition coefficient (Wildman–Crippen LogP) is -0.0345. The molecule has 2 fully saturated rings. The van der Waals surface area contributed by atoms with E-state index in [4.69, 9.17) is 0 Å². The van der Waals surface area contributed by atoms with E-state index in [1.54, 1.807) is 0 Å². The Bertz CT molecular complexity index is 181. The monoisotopic (exact) mass is 232 g/mol. The van der Waals surface area contributed by atoms with Gasteiger partial charge in [0.1, 0.15) is 0 Å². The average molecular weight is 232 g/mol. The van der Waals surface area contributed by atoms with E-state index in [9.17, 15) is 4.79 Å². The number of carbonyl (C=O) groups is 1. The quantitative estimate of drug-likeness (QED) is 0.699. The molecule has 2 heterocycles. The van der Waals surface area contributed by atoms with Crippen LogP contribution in [0.15, 0.2) is 0 Å². The normalized spacial score (nSPS) is 34.0. The van der Waals surface area contributed by atoms with Crippen molar-refractivity contribution < 1.29 is 4.79 Å². The number of Topliss-reactive ketones (excluding diaryl/α,β-unsaturated/α-hetero) is 1. The van der Waals surface area contributed by atoms with Gasteiger partial charge in [-0.2, -0.15) is 23.5 Å². The second kappa shape index (κ2) is 5.39. The van der Waals surface area contributed by atoms with E-state index in [2.05, 4.69) is 10.6 Å². The molecule has 0 saturated carbocycles. The lowest BCUT2D eigenvalue weighted by Gasteiger charge is -2.28. The molecule has 0 aromatic carbocycles. The number of nitrogens with one attached hydrogen (secondary N) is 2. The molecule has 2 atom stereocenters. The predicted molar refractivity (Wildman–Crippen MR) is 63.2 cm³/mol. The summed E-state index contributed by atoms with van der Waals surface area (Å²) in [5.41, 5.74) is 0. The second-order valence-corrected chi connectivity index (χ2v) is 5.87. The van der Waals surface area contributed by atoms with Crippen LogP contribution in [0, 0.1) is 0 Å². The fourth-order valence-corrected chi connectivity index (χ4v) is 3.63. The van der Waals surface area contributed by atoms with Crippen LogP contribution in [0.5, 0.6) is 0 Å². The highest BCUT2D eigenvalue weighted by Crippen LogP contribution is 2.14. The molecule has 80 valence electrons. The van der Waals surface area contributed by atoms with Gasteiger partial charge in [0, 0.05) is 36.1 Å². The van der Waals surface area contributed by atoms with Crippen LogP contribution in [-0.4, -0.2) is 54.0 Å². The summed E-state index contributed by atoms with van der Waals surface area (Å²) in [6, 6.07) is 0.176. The van der Waals surface area contributed by atoms with Crippen molar-refractivity contribution in [3.8, 4) is 0 Å². The van der Waals surface area contributed by atoms with Gasteiger partial charge in [0.05, 0.1) is 12.1 Å². The van der Waals surface area contributed by atoms with Crippen molar-refractivity contribution in [2.45, 2.75) is 12.1 Å². The van der Waals surface area contributed by atoms with Gasteiger partial charge in [-0.1, -0.05) is 0 Å². The molecule has 0 spiro atoms. The smallest absolute Gasteiger partial charge is 0.168 e. The number of hydrogen-bond donors (Lipinski definition) is 2. The molecule has 2 unspecified atom stereocenters. The molecule has 0 amide bonds. The van der Waals surface area contributed by atoms with Gasteiger partial charge in [0.15, 0.2) is 5.78 Å². The van der Waals surface area contributed by atoms with Crippen molar-refractivity contribution in [2.75, 3.05) is 36.1 Å². The molecule has 14 heavy (non-hydrogen) atoms. The summed E-state index contributed by atoms with van der Waals surface area (Å²) in [5.74, 6) is 4.53. The summed E-state index contributed by atoms with van der Waals surface area (Å²) >= 11 is 3.75. The maximum atomic E-state index is 12.0. The first-order valence-corrected chi connectivity index (χ1v) is 7.35. The third-order valence-corrected chi connectivity index (χ3v) is 4.65. The van der Waals surface area contributed by atoms with Gasteiger partial charge in [-0.05, 0) is 0 Å². The number of thioether (sulfide) groups is 2. The minimum absolute atomic E-state index is 0.0879. The van der Waals surface area contributed by atoms with Gasteiger partial charge in [-0.15, -0.1) is 0 Å². The van der Waals surface area contributed by atoms with Crippen LogP contribution in [-0.2, 0) is 4.79 Å². The van der Waals surface area contributed by atoms with Crippen LogP contribution >= 0.6 is 23.5 Å². The van der Waals surface area contributed by atoms with Crippen LogP contribution in [0.4, 0.5) is 0 Å². The van der Waals surface area contributed by atoms with Crippen molar-refractivity contribution in [3.63, 3.8) is 0 Å². The van der Waals surface area contributed by atoms with E-state index in [1.807, 2.05) is 23.5 Å². The van der Waals surface area contributed by atoms with Crippen LogP contribution in [0.3, 0.4) is 0 Å². The Morgan fingerprint density at radius 3 is 1.86 bits per heavy atom. The lowest BCUT2D eigenvalue weighted by atomic mass is 10.1. The highest BCUT2D eigenvalue weighted by molar-refractivity contribution is 7.99. The van der Waals surface area contributed by atoms with Crippen molar-refractivity contribution in [2.24, 2.45) is 0 Å². The minimum atomic E-state index is 0.0879. The fourth-order valence-electron chi connectivity index (χ4n) is 1.74. The maximum absolute atomic E-state index is 12.0. The Morgan fingerprint density at radius 1 is 1.00 bits per heavy atom. The van der Waals surface area contributed by atoms with Crippen LogP contribution in [0.25, 0.3) is 0 Å². The molecule has 2 aliphatic heterocycles. The average Bonchev–Trinajstić information content (AvgIpc) is 2.30. The van der Waals surface area contributed by atoms with E-state index in [0.717, 1.165) is 36.1 Å². The van der Waals surface area contributed by atoms with E-state index in [1.165, 1.54) is 0 Å². The Morgan fingerprint density at radius 2 is 1.50 bits per heavy atom. The highest BCUT2D eigenvalue weighted by atomic mass is 32.2. The van der Waals surface area contributed by atoms with Gasteiger partial charge in [-0.25, -0.2) is 0 Å². The van der Waals surface area contributed by atoms with Crippen molar-refractivity contribution in [3.05, 3.63) is 0 Å². The number of ketones is 1. The topological polar surface area (TPSA) is 41.1 Å². The molecule has 5 heteroatoms. The Labute approximate surface area is 93.2 Å². The zero-order valence-corrected chi connectivity index (χ0v) is 9.76. The van der Waals surface area contributed by atoms with E-state index in [0.29, 0.717) is 5.78 Å². The Hall–Kier alpha value is 0.290. The van der Waals surface area contributed by atoms with E-state index in [-0.39, 0.29) is 12.1 Å². The minimum Gasteiger partial charge on any atom is -0.306 e. The molecular weight excluding hydrogens is 216 g/mol. The summed E-state index contributed by atoms with van der Waals surface area (Å²) in [6.07, 6.45) is 0. The lowest BCUT2D eigenvalue weighted by Crippen LogP contribution is -2.54. The summed E-state index contributed by atoms with van der Waals surface area (Å²) in [5, 5.41) is 6.59. The Kier molecular flexibility index (Phi) is 4.16. The molecular formula is C9H16N2OS2. The summed E-state index contributed by atoms with van der Waals surface area (Å²) < 4.78 is 0.